The highest BCUT2D eigenvalue weighted by molar-refractivity contribution is 7.10. The van der Waals surface area contributed by atoms with Crippen LogP contribution < -0.4 is 0 Å². The Bertz CT molecular complexity index is 741. The van der Waals surface area contributed by atoms with Gasteiger partial charge in [0, 0.05) is 29.5 Å². The van der Waals surface area contributed by atoms with Gasteiger partial charge in [0.1, 0.15) is 0 Å². The third-order valence-electron chi connectivity index (χ3n) is 4.46. The van der Waals surface area contributed by atoms with E-state index in [9.17, 15) is 4.79 Å². The van der Waals surface area contributed by atoms with Crippen LogP contribution in [0.25, 0.3) is 0 Å². The number of aromatic nitrogens is 2. The number of hydrogen-bond acceptors (Lipinski definition) is 5. The van der Waals surface area contributed by atoms with Gasteiger partial charge in [-0.2, -0.15) is 0 Å². The van der Waals surface area contributed by atoms with Crippen molar-refractivity contribution in [1.82, 2.24) is 19.8 Å². The summed E-state index contributed by atoms with van der Waals surface area (Å²) in [5, 5.41) is 1.98. The van der Waals surface area contributed by atoms with Crippen molar-refractivity contribution < 1.29 is 4.79 Å². The lowest BCUT2D eigenvalue weighted by molar-refractivity contribution is 0.0730. The highest BCUT2D eigenvalue weighted by Crippen LogP contribution is 2.33. The van der Waals surface area contributed by atoms with Gasteiger partial charge < -0.3 is 9.80 Å². The summed E-state index contributed by atoms with van der Waals surface area (Å²) in [7, 11) is 4.05. The molecule has 6 heteroatoms. The lowest BCUT2D eigenvalue weighted by Crippen LogP contribution is -2.31. The minimum Gasteiger partial charge on any atom is -0.328 e. The summed E-state index contributed by atoms with van der Waals surface area (Å²) in [6, 6.07) is 3.96. The smallest absolute Gasteiger partial charge is 0.255 e. The van der Waals surface area contributed by atoms with Crippen molar-refractivity contribution in [1.29, 1.82) is 0 Å². The molecule has 0 unspecified atom stereocenters. The van der Waals surface area contributed by atoms with E-state index in [1.807, 2.05) is 42.7 Å². The topological polar surface area (TPSA) is 49.3 Å². The second-order valence-electron chi connectivity index (χ2n) is 7.19. The van der Waals surface area contributed by atoms with Crippen molar-refractivity contribution in [3.05, 3.63) is 45.7 Å². The first-order chi connectivity index (χ1) is 12.0. The summed E-state index contributed by atoms with van der Waals surface area (Å²) in [6.07, 6.45) is 3.74. The van der Waals surface area contributed by atoms with Crippen LogP contribution in [0.3, 0.4) is 0 Å². The quantitative estimate of drug-likeness (QED) is 0.818. The molecule has 1 saturated heterocycles. The molecular weight excluding hydrogens is 332 g/mol. The highest BCUT2D eigenvalue weighted by atomic mass is 32.1. The number of likely N-dealkylation sites (tertiary alicyclic amines) is 1. The second-order valence-corrected chi connectivity index (χ2v) is 8.14. The average molecular weight is 359 g/mol. The zero-order chi connectivity index (χ0) is 18.0. The minimum absolute atomic E-state index is 0.0167. The Balaban J connectivity index is 1.81. The maximum absolute atomic E-state index is 13.0. The van der Waals surface area contributed by atoms with Crippen molar-refractivity contribution in [2.45, 2.75) is 45.2 Å². The molecule has 25 heavy (non-hydrogen) atoms. The number of carbonyl (C=O) groups excluding carboxylic acids is 1. The molecule has 1 amide bonds. The van der Waals surface area contributed by atoms with Crippen molar-refractivity contribution in [3.63, 3.8) is 0 Å². The molecule has 0 saturated carbocycles. The molecule has 134 valence electrons. The molecular formula is C19H26N4OS. The maximum atomic E-state index is 13.0. The Kier molecular flexibility index (Phi) is 5.49. The van der Waals surface area contributed by atoms with E-state index in [-0.39, 0.29) is 11.9 Å². The first kappa shape index (κ1) is 18.0. The zero-order valence-corrected chi connectivity index (χ0v) is 16.2. The molecule has 0 aliphatic carbocycles. The van der Waals surface area contributed by atoms with Gasteiger partial charge in [-0.15, -0.1) is 11.3 Å². The SMILES string of the molecule is CC(C)c1cc(C(=O)N2CCC[C@H]2c2nccc(CN(C)C)n2)cs1. The second kappa shape index (κ2) is 7.62. The van der Waals surface area contributed by atoms with Gasteiger partial charge in [0.15, 0.2) is 5.82 Å². The molecule has 0 aromatic carbocycles. The van der Waals surface area contributed by atoms with Gasteiger partial charge in [-0.05, 0) is 45.0 Å². The number of amides is 1. The van der Waals surface area contributed by atoms with E-state index in [2.05, 4.69) is 23.7 Å². The molecule has 1 fully saturated rings. The molecule has 0 spiro atoms. The molecule has 3 rings (SSSR count). The van der Waals surface area contributed by atoms with E-state index in [0.29, 0.717) is 5.92 Å². The van der Waals surface area contributed by atoms with E-state index in [1.165, 1.54) is 4.88 Å². The van der Waals surface area contributed by atoms with E-state index in [0.717, 1.165) is 43.0 Å². The predicted octanol–water partition coefficient (Wildman–Crippen LogP) is 3.70. The maximum Gasteiger partial charge on any atom is 0.255 e. The largest absolute Gasteiger partial charge is 0.328 e. The number of carbonyl (C=O) groups is 1. The molecule has 3 heterocycles. The van der Waals surface area contributed by atoms with E-state index >= 15 is 0 Å². The van der Waals surface area contributed by atoms with Gasteiger partial charge in [-0.25, -0.2) is 9.97 Å². The van der Waals surface area contributed by atoms with Crippen LogP contribution in [0.15, 0.2) is 23.7 Å². The predicted molar refractivity (Wildman–Crippen MR) is 101 cm³/mol. The standard InChI is InChI=1S/C19H26N4OS/c1-13(2)17-10-14(12-25-17)19(24)23-9-5-6-16(23)18-20-8-7-15(21-18)11-22(3)4/h7-8,10,12-13,16H,5-6,9,11H2,1-4H3/t16-/m0/s1. The summed E-state index contributed by atoms with van der Waals surface area (Å²) >= 11 is 1.67. The summed E-state index contributed by atoms with van der Waals surface area (Å²) in [4.78, 5) is 27.5. The Hall–Kier alpha value is -1.79. The van der Waals surface area contributed by atoms with E-state index in [1.54, 1.807) is 11.3 Å². The van der Waals surface area contributed by atoms with Crippen molar-refractivity contribution in [3.8, 4) is 0 Å². The van der Waals surface area contributed by atoms with Crippen molar-refractivity contribution >= 4 is 17.2 Å². The molecule has 1 atom stereocenters. The lowest BCUT2D eigenvalue weighted by atomic mass is 10.1. The molecule has 1 aliphatic rings. The average Bonchev–Trinajstić information content (AvgIpc) is 3.23. The number of rotatable bonds is 5. The Morgan fingerprint density at radius 2 is 2.24 bits per heavy atom. The van der Waals surface area contributed by atoms with Gasteiger partial charge in [-0.3, -0.25) is 4.79 Å². The monoisotopic (exact) mass is 358 g/mol. The van der Waals surface area contributed by atoms with Crippen LogP contribution in [0.1, 0.15) is 65.4 Å². The third kappa shape index (κ3) is 4.07. The minimum atomic E-state index is -0.0167. The van der Waals surface area contributed by atoms with Crippen molar-refractivity contribution in [2.75, 3.05) is 20.6 Å². The third-order valence-corrected chi connectivity index (χ3v) is 5.69. The number of nitrogens with zero attached hydrogens (tertiary/aromatic N) is 4. The van der Waals surface area contributed by atoms with Crippen LogP contribution in [-0.4, -0.2) is 46.3 Å². The highest BCUT2D eigenvalue weighted by Gasteiger charge is 2.33. The lowest BCUT2D eigenvalue weighted by Gasteiger charge is -2.23. The van der Waals surface area contributed by atoms with E-state index < -0.39 is 0 Å². The zero-order valence-electron chi connectivity index (χ0n) is 15.4. The van der Waals surface area contributed by atoms with E-state index in [4.69, 9.17) is 4.98 Å². The van der Waals surface area contributed by atoms with Crippen LogP contribution >= 0.6 is 11.3 Å². The van der Waals surface area contributed by atoms with Crippen LogP contribution in [0.5, 0.6) is 0 Å². The van der Waals surface area contributed by atoms with Gasteiger partial charge in [0.05, 0.1) is 17.3 Å². The first-order valence-corrected chi connectivity index (χ1v) is 9.69. The number of hydrogen-bond donors (Lipinski definition) is 0. The fraction of sp³-hybridized carbons (Fsp3) is 0.526. The van der Waals surface area contributed by atoms with Gasteiger partial charge in [0.2, 0.25) is 0 Å². The Morgan fingerprint density at radius 3 is 2.92 bits per heavy atom. The van der Waals surface area contributed by atoms with Crippen LogP contribution in [0, 0.1) is 0 Å². The molecule has 2 aromatic heterocycles. The van der Waals surface area contributed by atoms with Crippen LogP contribution in [0.4, 0.5) is 0 Å². The molecule has 0 bridgehead atoms. The summed E-state index contributed by atoms with van der Waals surface area (Å²) in [5.41, 5.74) is 1.79. The molecule has 2 aromatic rings. The van der Waals surface area contributed by atoms with Gasteiger partial charge >= 0.3 is 0 Å². The van der Waals surface area contributed by atoms with Crippen molar-refractivity contribution in [2.24, 2.45) is 0 Å². The van der Waals surface area contributed by atoms with Crippen LogP contribution in [0.2, 0.25) is 0 Å². The molecule has 1 aliphatic heterocycles. The summed E-state index contributed by atoms with van der Waals surface area (Å²) in [5.74, 6) is 1.32. The summed E-state index contributed by atoms with van der Waals surface area (Å²) in [6.45, 7) is 5.86. The molecule has 5 nitrogen and oxygen atoms in total. The normalized spacial score (nSPS) is 17.7. The van der Waals surface area contributed by atoms with Gasteiger partial charge in [-0.1, -0.05) is 13.8 Å². The summed E-state index contributed by atoms with van der Waals surface area (Å²) < 4.78 is 0. The van der Waals surface area contributed by atoms with Crippen LogP contribution in [-0.2, 0) is 6.54 Å². The first-order valence-electron chi connectivity index (χ1n) is 8.81. The molecule has 0 radical (unpaired) electrons. The molecule has 0 N–H and O–H groups in total. The fourth-order valence-electron chi connectivity index (χ4n) is 3.20. The van der Waals surface area contributed by atoms with Gasteiger partial charge in [0.25, 0.3) is 5.91 Å². The fourth-order valence-corrected chi connectivity index (χ4v) is 4.10. The Morgan fingerprint density at radius 1 is 1.44 bits per heavy atom. The number of thiophene rings is 1. The Labute approximate surface area is 153 Å².